The van der Waals surface area contributed by atoms with E-state index in [1.165, 1.54) is 25.4 Å². The van der Waals surface area contributed by atoms with Gasteiger partial charge in [0.25, 0.3) is 88.6 Å². The second-order valence-electron chi connectivity index (χ2n) is 26.2. The smallest absolute Gasteiger partial charge is 0.275 e. The number of aromatic nitrogens is 11. The number of hydrazine groups is 7. The quantitative estimate of drug-likeness (QED) is 0.0181. The maximum absolute atomic E-state index is 11.9. The largest absolute Gasteiger partial charge is 0.479 e. The summed E-state index contributed by atoms with van der Waals surface area (Å²) in [5, 5.41) is 38.0. The molecule has 0 bridgehead atoms. The molecule has 14 aromatic rings. The lowest BCUT2D eigenvalue weighted by Gasteiger charge is -2.03. The molecule has 0 fully saturated rings. The standard InChI is InChI=1S/C12H15N5O2S.C12H13N5O2S.C11H13N5O2S.C11H11N5O2S.C11H12N4O4S.C11H12N4O3S.C10H10N4O3S/c1-7-5-8(16-17(7)2)6-14-11(18)9-3-4-10(20-9)12(19)15-13;1-7-4-15-8(5-14-7)6-16-11(18)9-2-3-10(20-9)12(19)17-13;1-16-7(4-5-14-16)6-13-10(17)8-2-3-9(19-8)11(18)15-12;12-16-11(18)9-2-1-8(19-9)10(17)15-6-7-5-13-3-4-14-7;1-18-9-4-6(19-15-9)5-13-10(16)7-2-3-8(20-7)11(17)14-12;1-6-4-7(15-18-6)5-13-10(16)8-2-3-9(19-8)11(17)14-12;11-14-10(16)8-2-1-7(18-8)9(15)12-5-6-3-4-13-17-6/h3-5H,6,13H2,1-2H3,(H,14,18)(H,15,19);2-5H,6,13H2,1H3,(H,16,18)(H,17,19);2-5H,6,12H2,1H3,(H,13,17)(H,15,18);1-5H,6,12H2,(H,15,17)(H,16,18);2-4H,5,12H2,1H3,(H,13,16)(H,14,17);2-4H,5,12H2,1H3,(H,13,16)(H,14,17);1-4H,5,11H2,(H,12,15)(H,14,16). The van der Waals surface area contributed by atoms with Crippen LogP contribution in [-0.2, 0) is 59.9 Å². The number of hydrogen-bond donors (Lipinski definition) is 21. The van der Waals surface area contributed by atoms with Crippen molar-refractivity contribution in [2.24, 2.45) is 55.0 Å². The number of aryl methyl sites for hydroxylation is 5. The van der Waals surface area contributed by atoms with Gasteiger partial charge >= 0.3 is 0 Å². The van der Waals surface area contributed by atoms with Crippen LogP contribution >= 0.6 is 79.4 Å². The molecular formula is C78H86N32O18S7. The first-order valence-electron chi connectivity index (χ1n) is 38.4. The predicted octanol–water partition coefficient (Wildman–Crippen LogP) is 1.92. The Hall–Kier alpha value is -15.8. The number of nitrogens with one attached hydrogen (secondary N) is 14. The number of carbonyl (C=O) groups is 14. The molecule has 0 aliphatic carbocycles. The van der Waals surface area contributed by atoms with Crippen molar-refractivity contribution in [2.75, 3.05) is 7.11 Å². The van der Waals surface area contributed by atoms with Gasteiger partial charge in [-0.25, -0.2) is 40.9 Å². The third-order valence-electron chi connectivity index (χ3n) is 16.7. The fraction of sp³-hybridized carbons (Fsp3) is 0.167. The molecule has 0 aliphatic heterocycles. The Morgan fingerprint density at radius 3 is 0.963 bits per heavy atom. The maximum atomic E-state index is 11.9. The average molecular weight is 1980 g/mol. The highest BCUT2D eigenvalue weighted by Crippen LogP contribution is 2.23. The highest BCUT2D eigenvalue weighted by atomic mass is 32.1. The Balaban J connectivity index is 0.000000194. The summed E-state index contributed by atoms with van der Waals surface area (Å²) in [7, 11) is 5.11. The lowest BCUT2D eigenvalue weighted by atomic mass is 10.3. The molecule has 0 spiro atoms. The molecule has 708 valence electrons. The molecule has 57 heteroatoms. The van der Waals surface area contributed by atoms with Crippen molar-refractivity contribution in [3.8, 4) is 5.88 Å². The first-order chi connectivity index (χ1) is 64.9. The van der Waals surface area contributed by atoms with E-state index in [1.807, 2.05) is 71.0 Å². The van der Waals surface area contributed by atoms with Crippen molar-refractivity contribution in [2.45, 2.75) is 66.6 Å². The molecule has 0 saturated carbocycles. The van der Waals surface area contributed by atoms with Crippen molar-refractivity contribution in [1.82, 2.24) is 130 Å². The van der Waals surface area contributed by atoms with Crippen LogP contribution in [0.3, 0.4) is 0 Å². The fourth-order valence-electron chi connectivity index (χ4n) is 9.91. The summed E-state index contributed by atoms with van der Waals surface area (Å²) in [6.45, 7) is 7.52. The van der Waals surface area contributed by atoms with Crippen molar-refractivity contribution in [3.05, 3.63) is 284 Å². The SMILES string of the molecule is COc1cc(CNC(=O)c2ccc(C(=O)NN)s2)on1.Cc1cc(CNC(=O)c2ccc(C(=O)NN)s2)nn1C.Cc1cc(CNC(=O)c2ccc(C(=O)NN)s2)no1.Cc1cnc(CNC(=O)c2ccc(C(=O)NN)s2)cn1.Cn1nccc1CNC(=O)c1ccc(C(=O)NN)s1.NNC(=O)c1ccc(C(=O)NCc2ccno2)s1.NNC(=O)c1ccc(C(=O)NCc2cnccn2)s1. The first kappa shape index (κ1) is 105. The van der Waals surface area contributed by atoms with E-state index in [9.17, 15) is 67.1 Å². The molecule has 0 saturated heterocycles. The number of ether oxygens (including phenoxy) is 1. The van der Waals surface area contributed by atoms with E-state index < -0.39 is 41.4 Å². The number of methoxy groups -OCH3 is 1. The van der Waals surface area contributed by atoms with E-state index >= 15 is 0 Å². The number of amides is 14. The van der Waals surface area contributed by atoms with E-state index in [0.29, 0.717) is 122 Å². The van der Waals surface area contributed by atoms with E-state index in [0.717, 1.165) is 102 Å². The van der Waals surface area contributed by atoms with Gasteiger partial charge < -0.3 is 55.5 Å². The van der Waals surface area contributed by atoms with Gasteiger partial charge in [0.2, 0.25) is 0 Å². The van der Waals surface area contributed by atoms with Crippen molar-refractivity contribution >= 4 is 162 Å². The second-order valence-corrected chi connectivity index (χ2v) is 33.8. The van der Waals surface area contributed by atoms with Crippen molar-refractivity contribution in [3.63, 3.8) is 0 Å². The molecule has 0 unspecified atom stereocenters. The predicted molar refractivity (Wildman–Crippen MR) is 491 cm³/mol. The van der Waals surface area contributed by atoms with Gasteiger partial charge in [0.1, 0.15) is 11.5 Å². The van der Waals surface area contributed by atoms with Crippen molar-refractivity contribution < 1.29 is 85.4 Å². The highest BCUT2D eigenvalue weighted by molar-refractivity contribution is 7.18. The molecule has 14 amide bonds. The minimum absolute atomic E-state index is 0.172. The summed E-state index contributed by atoms with van der Waals surface area (Å²) >= 11 is 7.49. The number of hydrogen-bond acceptors (Lipinski definition) is 41. The molecule has 0 radical (unpaired) electrons. The van der Waals surface area contributed by atoms with Crippen LogP contribution in [0.25, 0.3) is 0 Å². The molecule has 0 atom stereocenters. The highest BCUT2D eigenvalue weighted by Gasteiger charge is 2.22. The minimum atomic E-state index is -0.436. The number of nitrogen functional groups attached to an aromatic ring is 7. The lowest BCUT2D eigenvalue weighted by Crippen LogP contribution is -2.29. The Kier molecular flexibility index (Phi) is 41.5. The molecule has 28 N–H and O–H groups in total. The summed E-state index contributed by atoms with van der Waals surface area (Å²) in [5.74, 6) is 32.4. The van der Waals surface area contributed by atoms with Gasteiger partial charge in [-0.15, -0.1) is 79.4 Å². The zero-order chi connectivity index (χ0) is 98.0. The Labute approximate surface area is 791 Å². The van der Waals surface area contributed by atoms with Crippen LogP contribution in [-0.4, -0.2) is 145 Å². The van der Waals surface area contributed by atoms with Gasteiger partial charge in [-0.05, 0) is 123 Å². The fourth-order valence-corrected chi connectivity index (χ4v) is 15.7. The van der Waals surface area contributed by atoms with Crippen LogP contribution in [0.4, 0.5) is 0 Å². The van der Waals surface area contributed by atoms with Crippen LogP contribution in [0.2, 0.25) is 0 Å². The summed E-state index contributed by atoms with van der Waals surface area (Å²) in [5.41, 5.74) is 19.6. The Morgan fingerprint density at radius 2 is 0.674 bits per heavy atom. The summed E-state index contributed by atoms with van der Waals surface area (Å²) in [6, 6.07) is 30.5. The van der Waals surface area contributed by atoms with E-state index in [4.69, 9.17) is 59.2 Å². The lowest BCUT2D eigenvalue weighted by molar-refractivity contribution is 0.0943. The number of nitrogens with zero attached hydrogens (tertiary/aromatic N) is 11. The van der Waals surface area contributed by atoms with Crippen LogP contribution < -0.4 is 121 Å². The van der Waals surface area contributed by atoms with E-state index in [-0.39, 0.29) is 74.1 Å². The Morgan fingerprint density at radius 1 is 0.326 bits per heavy atom. The molecule has 14 rings (SSSR count). The van der Waals surface area contributed by atoms with Gasteiger partial charge in [-0.2, -0.15) is 10.2 Å². The molecule has 135 heavy (non-hydrogen) atoms. The van der Waals surface area contributed by atoms with E-state index in [2.05, 4.69) is 82.8 Å². The molecule has 14 aromatic heterocycles. The second kappa shape index (κ2) is 53.5. The molecule has 14 heterocycles. The maximum Gasteiger partial charge on any atom is 0.275 e. The van der Waals surface area contributed by atoms with Gasteiger partial charge in [-0.3, -0.25) is 134 Å². The van der Waals surface area contributed by atoms with Crippen LogP contribution in [0.15, 0.2) is 172 Å². The van der Waals surface area contributed by atoms with E-state index in [1.54, 1.807) is 152 Å². The normalized spacial score (nSPS) is 10.1. The summed E-state index contributed by atoms with van der Waals surface area (Å²) < 4.78 is 22.9. The first-order valence-corrected chi connectivity index (χ1v) is 44.1. The topological polar surface area (TPSA) is 764 Å². The zero-order valence-electron chi connectivity index (χ0n) is 71.6. The number of thiophene rings is 7. The van der Waals surface area contributed by atoms with Gasteiger partial charge in [0, 0.05) is 62.8 Å². The summed E-state index contributed by atoms with van der Waals surface area (Å²) in [4.78, 5) is 184. The number of carbonyl (C=O) groups excluding carboxylic acids is 14. The van der Waals surface area contributed by atoms with Crippen LogP contribution in [0.1, 0.15) is 193 Å². The Bertz CT molecular complexity index is 6320. The third-order valence-corrected chi connectivity index (χ3v) is 24.3. The van der Waals surface area contributed by atoms with Crippen LogP contribution in [0, 0.1) is 20.8 Å². The van der Waals surface area contributed by atoms with Crippen molar-refractivity contribution in [1.29, 1.82) is 0 Å². The minimum Gasteiger partial charge on any atom is -0.479 e. The molecule has 50 nitrogen and oxygen atoms in total. The van der Waals surface area contributed by atoms with Gasteiger partial charge in [-0.1, -0.05) is 10.3 Å². The number of rotatable bonds is 29. The number of nitrogens with two attached hydrogens (primary N) is 7. The molecular weight excluding hydrogens is 1900 g/mol. The third kappa shape index (κ3) is 33.2. The zero-order valence-corrected chi connectivity index (χ0v) is 77.3. The molecule has 0 aromatic carbocycles. The monoisotopic (exact) mass is 1980 g/mol. The average Bonchev–Trinajstić information content (AvgIpc) is 1.87. The van der Waals surface area contributed by atoms with Crippen LogP contribution in [0.5, 0.6) is 5.88 Å². The van der Waals surface area contributed by atoms with Gasteiger partial charge in [0.05, 0.1) is 168 Å². The molecule has 0 aliphatic rings. The summed E-state index contributed by atoms with van der Waals surface area (Å²) in [6.07, 6.45) is 11.1. The van der Waals surface area contributed by atoms with Gasteiger partial charge in [0.15, 0.2) is 11.5 Å².